The lowest BCUT2D eigenvalue weighted by atomic mass is 9.87. The van der Waals surface area contributed by atoms with Gasteiger partial charge in [0.15, 0.2) is 0 Å². The summed E-state index contributed by atoms with van der Waals surface area (Å²) in [6.07, 6.45) is 4.61. The molecule has 0 bridgehead atoms. The number of hydrogen-bond donors (Lipinski definition) is 3. The number of carbonyl (C=O) groups is 2. The zero-order chi connectivity index (χ0) is 28.4. The van der Waals surface area contributed by atoms with Crippen molar-refractivity contribution in [2.45, 2.75) is 63.0 Å². The number of aliphatic carboxylic acids is 1. The summed E-state index contributed by atoms with van der Waals surface area (Å²) in [4.78, 5) is 26.3. The van der Waals surface area contributed by atoms with Crippen LogP contribution in [0.2, 0.25) is 5.02 Å². The number of aliphatic hydroxyl groups excluding tert-OH is 1. The number of benzene rings is 2. The summed E-state index contributed by atoms with van der Waals surface area (Å²) in [6, 6.07) is 12.2. The zero-order valence-corrected chi connectivity index (χ0v) is 23.5. The lowest BCUT2D eigenvalue weighted by molar-refractivity contribution is -0.132. The molecule has 1 unspecified atom stereocenters. The third kappa shape index (κ3) is 7.47. The number of alkyl halides is 1. The second-order valence-corrected chi connectivity index (χ2v) is 11.7. The van der Waals surface area contributed by atoms with Crippen LogP contribution in [0.25, 0.3) is 0 Å². The maximum atomic E-state index is 13.3. The Kier molecular flexibility index (Phi) is 8.49. The fraction of sp³-hybridized carbons (Fsp3) is 0.379. The molecule has 8 nitrogen and oxygen atoms in total. The minimum absolute atomic E-state index is 0.00835. The van der Waals surface area contributed by atoms with Crippen LogP contribution >= 0.6 is 23.2 Å². The van der Waals surface area contributed by atoms with E-state index in [1.54, 1.807) is 56.0 Å². The predicted octanol–water partition coefficient (Wildman–Crippen LogP) is 5.57. The molecule has 0 saturated carbocycles. The van der Waals surface area contributed by atoms with Crippen molar-refractivity contribution in [3.8, 4) is 5.75 Å². The van der Waals surface area contributed by atoms with E-state index in [1.165, 1.54) is 18.4 Å². The molecule has 39 heavy (non-hydrogen) atoms. The summed E-state index contributed by atoms with van der Waals surface area (Å²) >= 11 is 12.5. The van der Waals surface area contributed by atoms with E-state index in [2.05, 4.69) is 5.32 Å². The number of dihydropyridines is 1. The fourth-order valence-electron chi connectivity index (χ4n) is 4.61. The van der Waals surface area contributed by atoms with Crippen molar-refractivity contribution in [2.75, 3.05) is 6.54 Å². The minimum atomic E-state index is -1.56. The van der Waals surface area contributed by atoms with E-state index in [-0.39, 0.29) is 18.2 Å². The average molecular weight is 575 g/mol. The summed E-state index contributed by atoms with van der Waals surface area (Å²) in [5.41, 5.74) is 2.03. The molecule has 1 heterocycles. The van der Waals surface area contributed by atoms with Crippen molar-refractivity contribution < 1.29 is 29.3 Å². The van der Waals surface area contributed by atoms with Crippen LogP contribution in [0.1, 0.15) is 50.0 Å². The first kappa shape index (κ1) is 28.8. The van der Waals surface area contributed by atoms with E-state index in [0.717, 1.165) is 11.1 Å². The Balaban J connectivity index is 1.55. The summed E-state index contributed by atoms with van der Waals surface area (Å²) in [5, 5.41) is 22.1. The van der Waals surface area contributed by atoms with Crippen LogP contribution in [-0.2, 0) is 22.4 Å². The second-order valence-electron chi connectivity index (χ2n) is 10.7. The number of aliphatic hydroxyl groups is 1. The number of nitrogens with zero attached hydrogens (tertiary/aromatic N) is 1. The van der Waals surface area contributed by atoms with E-state index in [0.29, 0.717) is 35.6 Å². The number of carboxylic acid groups (broad SMARTS) is 1. The van der Waals surface area contributed by atoms with Crippen molar-refractivity contribution in [1.29, 1.82) is 0 Å². The minimum Gasteiger partial charge on any atom is -0.478 e. The first-order chi connectivity index (χ1) is 18.3. The van der Waals surface area contributed by atoms with Gasteiger partial charge in [-0.1, -0.05) is 29.8 Å². The molecule has 10 heteroatoms. The molecule has 0 radical (unpaired) electrons. The highest BCUT2D eigenvalue weighted by atomic mass is 35.5. The topological polar surface area (TPSA) is 108 Å². The number of carboxylic acids is 1. The summed E-state index contributed by atoms with van der Waals surface area (Å²) in [6.45, 7) is 5.47. The molecule has 3 N–H and O–H groups in total. The number of carbonyl (C=O) groups excluding carboxylic acids is 1. The normalized spacial score (nSPS) is 21.2. The van der Waals surface area contributed by atoms with Gasteiger partial charge in [0.05, 0.1) is 18.2 Å². The van der Waals surface area contributed by atoms with Gasteiger partial charge in [-0.15, -0.1) is 0 Å². The number of halogens is 2. The average Bonchev–Trinajstić information content (AvgIpc) is 2.85. The highest BCUT2D eigenvalue weighted by Gasteiger charge is 2.34. The first-order valence-corrected chi connectivity index (χ1v) is 13.4. The zero-order valence-electron chi connectivity index (χ0n) is 22.0. The fourth-order valence-corrected chi connectivity index (χ4v) is 5.01. The van der Waals surface area contributed by atoms with Gasteiger partial charge in [-0.3, -0.25) is 0 Å². The monoisotopic (exact) mass is 574 g/mol. The van der Waals surface area contributed by atoms with Crippen LogP contribution in [0.4, 0.5) is 4.79 Å². The van der Waals surface area contributed by atoms with E-state index >= 15 is 0 Å². The van der Waals surface area contributed by atoms with Gasteiger partial charge >= 0.3 is 12.1 Å². The molecule has 0 saturated heterocycles. The molecule has 4 rings (SSSR count). The molecule has 1 aliphatic carbocycles. The van der Waals surface area contributed by atoms with Crippen molar-refractivity contribution in [1.82, 2.24) is 10.2 Å². The number of amides is 1. The Morgan fingerprint density at radius 1 is 1.18 bits per heavy atom. The molecule has 2 aromatic rings. The Labute approximate surface area is 237 Å². The van der Waals surface area contributed by atoms with Gasteiger partial charge in [0, 0.05) is 23.3 Å². The summed E-state index contributed by atoms with van der Waals surface area (Å²) < 4.78 is 11.6. The van der Waals surface area contributed by atoms with E-state index in [1.807, 2.05) is 12.1 Å². The number of fused-ring (bicyclic) bond motifs is 1. The number of aryl methyl sites for hydroxylation is 1. The third-order valence-electron chi connectivity index (χ3n) is 6.47. The summed E-state index contributed by atoms with van der Waals surface area (Å²) in [5.74, 6) is -0.670. The maximum Gasteiger partial charge on any atom is 0.410 e. The van der Waals surface area contributed by atoms with Crippen LogP contribution in [0, 0.1) is 0 Å². The van der Waals surface area contributed by atoms with Gasteiger partial charge in [0.1, 0.15) is 11.4 Å². The van der Waals surface area contributed by atoms with Crippen LogP contribution < -0.4 is 10.1 Å². The smallest absolute Gasteiger partial charge is 0.410 e. The molecular weight excluding hydrogens is 543 g/mol. The van der Waals surface area contributed by atoms with Crippen molar-refractivity contribution >= 4 is 35.3 Å². The van der Waals surface area contributed by atoms with Crippen molar-refractivity contribution in [3.63, 3.8) is 0 Å². The lowest BCUT2D eigenvalue weighted by Gasteiger charge is -2.37. The SMILES string of the molecule is CC(C)(C)OC(=O)N(C[C@H](O)c1ccc(Cl)cc1)[C@H]1CCc2ccc(OC3(Cl)C=C(C(=O)O)C=CN3)cc2C1. The van der Waals surface area contributed by atoms with Gasteiger partial charge in [0.25, 0.3) is 5.18 Å². The van der Waals surface area contributed by atoms with E-state index in [4.69, 9.17) is 32.7 Å². The Morgan fingerprint density at radius 3 is 2.56 bits per heavy atom. The van der Waals surface area contributed by atoms with Gasteiger partial charge < -0.3 is 29.9 Å². The van der Waals surface area contributed by atoms with Gasteiger partial charge in [-0.25, -0.2) is 9.59 Å². The molecular formula is C29H32Cl2N2O6. The number of hydrogen-bond acceptors (Lipinski definition) is 6. The van der Waals surface area contributed by atoms with E-state index in [9.17, 15) is 19.8 Å². The highest BCUT2D eigenvalue weighted by Crippen LogP contribution is 2.32. The lowest BCUT2D eigenvalue weighted by Crippen LogP contribution is -2.47. The third-order valence-corrected chi connectivity index (χ3v) is 7.02. The van der Waals surface area contributed by atoms with Crippen molar-refractivity contribution in [3.05, 3.63) is 88.1 Å². The molecule has 2 aromatic carbocycles. The first-order valence-electron chi connectivity index (χ1n) is 12.7. The van der Waals surface area contributed by atoms with E-state index < -0.39 is 29.0 Å². The molecule has 0 spiro atoms. The highest BCUT2D eigenvalue weighted by molar-refractivity contribution is 6.30. The van der Waals surface area contributed by atoms with Gasteiger partial charge in [0.2, 0.25) is 0 Å². The molecule has 1 aliphatic heterocycles. The van der Waals surface area contributed by atoms with Crippen LogP contribution in [-0.4, -0.2) is 50.5 Å². The largest absolute Gasteiger partial charge is 0.478 e. The molecule has 0 fully saturated rings. The molecule has 1 amide bonds. The molecule has 3 atom stereocenters. The molecule has 2 aliphatic rings. The number of nitrogens with one attached hydrogen (secondary N) is 1. The van der Waals surface area contributed by atoms with Crippen LogP contribution in [0.5, 0.6) is 5.75 Å². The second kappa shape index (κ2) is 11.5. The number of ether oxygens (including phenoxy) is 2. The Hall–Kier alpha value is -3.20. The standard InChI is InChI=1S/C29H32Cl2N2O6/c1-28(2,3)39-27(37)33(17-25(34)19-4-8-22(30)9-5-19)23-10-6-18-7-11-24(15-21(18)14-23)38-29(31)16-20(26(35)36)12-13-32-29/h4-5,7-9,11-13,15-16,23,25,32,34H,6,10,14,17H2,1-3H3,(H,35,36)/t23-,25-,29?/m0/s1. The number of rotatable bonds is 7. The van der Waals surface area contributed by atoms with Crippen molar-refractivity contribution in [2.24, 2.45) is 0 Å². The molecule has 208 valence electrons. The Bertz CT molecular complexity index is 1290. The van der Waals surface area contributed by atoms with Crippen LogP contribution in [0.3, 0.4) is 0 Å². The maximum absolute atomic E-state index is 13.3. The molecule has 0 aromatic heterocycles. The summed E-state index contributed by atoms with van der Waals surface area (Å²) in [7, 11) is 0. The van der Waals surface area contributed by atoms with Gasteiger partial charge in [-0.05, 0) is 98.7 Å². The predicted molar refractivity (Wildman–Crippen MR) is 149 cm³/mol. The quantitative estimate of drug-likeness (QED) is 0.293. The Morgan fingerprint density at radius 2 is 1.90 bits per heavy atom. The van der Waals surface area contributed by atoms with Crippen LogP contribution in [0.15, 0.2) is 66.4 Å². The van der Waals surface area contributed by atoms with Gasteiger partial charge in [-0.2, -0.15) is 0 Å².